The lowest BCUT2D eigenvalue weighted by Gasteiger charge is -2.14. The van der Waals surface area contributed by atoms with Crippen LogP contribution in [0.1, 0.15) is 47.0 Å². The molecule has 1 aliphatic carbocycles. The largest absolute Gasteiger partial charge is 0.361 e. The molecular formula is C17H24O4. The summed E-state index contributed by atoms with van der Waals surface area (Å²) in [5, 5.41) is 0. The van der Waals surface area contributed by atoms with E-state index in [1.807, 2.05) is 39.8 Å². The molecule has 2 saturated heterocycles. The minimum absolute atomic E-state index is 0.125. The van der Waals surface area contributed by atoms with E-state index in [0.29, 0.717) is 0 Å². The molecular weight excluding hydrogens is 268 g/mol. The van der Waals surface area contributed by atoms with Crippen LogP contribution in [0, 0.1) is 0 Å². The number of hydrogen-bond donors (Lipinski definition) is 0. The summed E-state index contributed by atoms with van der Waals surface area (Å²) in [5.41, 5.74) is 1.98. The lowest BCUT2D eigenvalue weighted by molar-refractivity contribution is -0.121. The van der Waals surface area contributed by atoms with Crippen LogP contribution in [0.5, 0.6) is 0 Å². The maximum Gasteiger partial charge on any atom is 0.195 e. The van der Waals surface area contributed by atoms with Crippen molar-refractivity contribution >= 4 is 11.6 Å². The number of epoxide rings is 2. The third-order valence-electron chi connectivity index (χ3n) is 4.16. The van der Waals surface area contributed by atoms with Gasteiger partial charge in [0.05, 0.1) is 12.2 Å². The molecule has 0 aromatic heterocycles. The molecule has 0 bridgehead atoms. The highest BCUT2D eigenvalue weighted by atomic mass is 16.6. The van der Waals surface area contributed by atoms with Gasteiger partial charge in [-0.25, -0.2) is 0 Å². The fourth-order valence-electron chi connectivity index (χ4n) is 2.58. The fourth-order valence-corrected chi connectivity index (χ4v) is 2.58. The maximum absolute atomic E-state index is 11.5. The normalized spacial score (nSPS) is 38.0. The zero-order valence-electron chi connectivity index (χ0n) is 13.2. The van der Waals surface area contributed by atoms with E-state index in [4.69, 9.17) is 9.47 Å². The second-order valence-corrected chi connectivity index (χ2v) is 5.74. The van der Waals surface area contributed by atoms with Gasteiger partial charge in [0, 0.05) is 0 Å². The third kappa shape index (κ3) is 3.89. The first-order valence-electron chi connectivity index (χ1n) is 7.69. The van der Waals surface area contributed by atoms with Gasteiger partial charge in [0.15, 0.2) is 11.6 Å². The van der Waals surface area contributed by atoms with E-state index < -0.39 is 0 Å². The van der Waals surface area contributed by atoms with Crippen LogP contribution in [-0.2, 0) is 19.1 Å². The molecule has 4 heteroatoms. The quantitative estimate of drug-likeness (QED) is 0.580. The summed E-state index contributed by atoms with van der Waals surface area (Å²) in [7, 11) is 0. The van der Waals surface area contributed by atoms with Gasteiger partial charge in [-0.2, -0.15) is 0 Å². The van der Waals surface area contributed by atoms with Gasteiger partial charge in [0.2, 0.25) is 0 Å². The molecule has 2 aliphatic heterocycles. The Balaban J connectivity index is 0.000000154. The monoisotopic (exact) mass is 292 g/mol. The predicted molar refractivity (Wildman–Crippen MR) is 80.0 cm³/mol. The van der Waals surface area contributed by atoms with Crippen molar-refractivity contribution in [2.45, 2.75) is 71.4 Å². The molecule has 0 N–H and O–H groups in total. The minimum Gasteiger partial charge on any atom is -0.361 e. The van der Waals surface area contributed by atoms with E-state index in [0.717, 1.165) is 30.4 Å². The van der Waals surface area contributed by atoms with Gasteiger partial charge in [-0.3, -0.25) is 9.59 Å². The number of carbonyl (C=O) groups excluding carboxylic acids is 2. The van der Waals surface area contributed by atoms with Crippen LogP contribution in [0.15, 0.2) is 23.3 Å². The highest BCUT2D eigenvalue weighted by Crippen LogP contribution is 2.31. The molecule has 0 radical (unpaired) electrons. The van der Waals surface area contributed by atoms with Crippen molar-refractivity contribution in [3.05, 3.63) is 23.3 Å². The highest BCUT2D eigenvalue weighted by Gasteiger charge is 2.52. The predicted octanol–water partition coefficient (Wildman–Crippen LogP) is 2.76. The van der Waals surface area contributed by atoms with Crippen LogP contribution in [0.3, 0.4) is 0 Å². The Kier molecular flexibility index (Phi) is 5.12. The van der Waals surface area contributed by atoms with Crippen molar-refractivity contribution in [2.24, 2.45) is 0 Å². The Morgan fingerprint density at radius 3 is 1.67 bits per heavy atom. The van der Waals surface area contributed by atoms with E-state index in [1.165, 1.54) is 0 Å². The molecule has 2 heterocycles. The van der Waals surface area contributed by atoms with Gasteiger partial charge >= 0.3 is 0 Å². The van der Waals surface area contributed by atoms with E-state index in [-0.39, 0.29) is 36.0 Å². The second kappa shape index (κ2) is 6.67. The van der Waals surface area contributed by atoms with Gasteiger partial charge in [0.25, 0.3) is 0 Å². The van der Waals surface area contributed by atoms with Gasteiger partial charge in [-0.1, -0.05) is 12.2 Å². The summed E-state index contributed by atoms with van der Waals surface area (Å²) in [6, 6.07) is 0. The first-order chi connectivity index (χ1) is 9.99. The Hall–Kier alpha value is -1.26. The number of Topliss-reactive ketones (excluding diaryl/α,β-unsaturated/α-hetero) is 2. The lowest BCUT2D eigenvalue weighted by atomic mass is 9.89. The molecule has 4 unspecified atom stereocenters. The van der Waals surface area contributed by atoms with Crippen molar-refractivity contribution < 1.29 is 19.1 Å². The van der Waals surface area contributed by atoms with E-state index in [9.17, 15) is 9.59 Å². The van der Waals surface area contributed by atoms with Crippen LogP contribution in [0.2, 0.25) is 0 Å². The van der Waals surface area contributed by atoms with Gasteiger partial charge < -0.3 is 9.47 Å². The Morgan fingerprint density at radius 2 is 1.38 bits per heavy atom. The van der Waals surface area contributed by atoms with Crippen LogP contribution in [-0.4, -0.2) is 36.0 Å². The number of hydrogen-bond acceptors (Lipinski definition) is 4. The Labute approximate surface area is 126 Å². The number of carbonyl (C=O) groups is 2. The minimum atomic E-state index is -0.157. The average Bonchev–Trinajstić information content (AvgIpc) is 3.38. The standard InChI is InChI=1S/C10H14O.C7H10O3/c1-3-8-6-5-7-9(4-2)10(8)11;1-3-6(9-3)5(8)7-4(2)10-7/h3-4H,5-7H2,1-2H3;3-4,6-7H,1-2H3/b8-3+,9-4+;. The molecule has 4 atom stereocenters. The van der Waals surface area contributed by atoms with Gasteiger partial charge in [0.1, 0.15) is 12.2 Å². The Bertz CT molecular complexity index is 449. The van der Waals surface area contributed by atoms with Crippen LogP contribution in [0.25, 0.3) is 0 Å². The molecule has 4 nitrogen and oxygen atoms in total. The van der Waals surface area contributed by atoms with Crippen LogP contribution >= 0.6 is 0 Å². The van der Waals surface area contributed by atoms with Crippen molar-refractivity contribution in [3.63, 3.8) is 0 Å². The van der Waals surface area contributed by atoms with Gasteiger partial charge in [-0.15, -0.1) is 0 Å². The number of ether oxygens (including phenoxy) is 2. The zero-order chi connectivity index (χ0) is 15.6. The van der Waals surface area contributed by atoms with E-state index in [1.54, 1.807) is 0 Å². The maximum atomic E-state index is 11.5. The molecule has 1 saturated carbocycles. The third-order valence-corrected chi connectivity index (χ3v) is 4.16. The van der Waals surface area contributed by atoms with Crippen LogP contribution < -0.4 is 0 Å². The zero-order valence-corrected chi connectivity index (χ0v) is 13.2. The molecule has 0 aromatic carbocycles. The summed E-state index contributed by atoms with van der Waals surface area (Å²) < 4.78 is 10.00. The number of rotatable bonds is 2. The number of ketones is 2. The first kappa shape index (κ1) is 16.1. The van der Waals surface area contributed by atoms with Crippen molar-refractivity contribution in [1.29, 1.82) is 0 Å². The van der Waals surface area contributed by atoms with Crippen LogP contribution in [0.4, 0.5) is 0 Å². The van der Waals surface area contributed by atoms with Crippen molar-refractivity contribution in [1.82, 2.24) is 0 Å². The topological polar surface area (TPSA) is 59.2 Å². The number of allylic oxidation sites excluding steroid dienone is 4. The summed E-state index contributed by atoms with van der Waals surface area (Å²) in [6.45, 7) is 7.67. The molecule has 3 aliphatic rings. The molecule has 0 aromatic rings. The Morgan fingerprint density at radius 1 is 1.00 bits per heavy atom. The SMILES string of the molecule is C/C=C1\CCC/C(=C\C)C1=O.CC1OC1C(=O)C1OC1C. The second-order valence-electron chi connectivity index (χ2n) is 5.74. The molecule has 3 rings (SSSR count). The summed E-state index contributed by atoms with van der Waals surface area (Å²) in [4.78, 5) is 22.6. The summed E-state index contributed by atoms with van der Waals surface area (Å²) in [5.74, 6) is 0.390. The van der Waals surface area contributed by atoms with E-state index in [2.05, 4.69) is 0 Å². The molecule has 0 amide bonds. The molecule has 3 fully saturated rings. The fraction of sp³-hybridized carbons (Fsp3) is 0.647. The molecule has 116 valence electrons. The van der Waals surface area contributed by atoms with Crippen molar-refractivity contribution in [2.75, 3.05) is 0 Å². The summed E-state index contributed by atoms with van der Waals surface area (Å²) in [6.07, 6.45) is 6.87. The average molecular weight is 292 g/mol. The van der Waals surface area contributed by atoms with Gasteiger partial charge in [-0.05, 0) is 58.1 Å². The first-order valence-corrected chi connectivity index (χ1v) is 7.69. The lowest BCUT2D eigenvalue weighted by Crippen LogP contribution is -2.16. The highest BCUT2D eigenvalue weighted by molar-refractivity contribution is 6.08. The van der Waals surface area contributed by atoms with Crippen molar-refractivity contribution in [3.8, 4) is 0 Å². The van der Waals surface area contributed by atoms with E-state index >= 15 is 0 Å². The molecule has 21 heavy (non-hydrogen) atoms. The summed E-state index contributed by atoms with van der Waals surface area (Å²) >= 11 is 0. The smallest absolute Gasteiger partial charge is 0.195 e. The molecule has 0 spiro atoms.